The van der Waals surface area contributed by atoms with Gasteiger partial charge in [-0.3, -0.25) is 9.59 Å². The molecule has 31 heavy (non-hydrogen) atoms. The lowest BCUT2D eigenvalue weighted by Gasteiger charge is -2.18. The normalized spacial score (nSPS) is 12.4. The van der Waals surface area contributed by atoms with Crippen LogP contribution in [0.4, 0.5) is 5.69 Å². The van der Waals surface area contributed by atoms with E-state index in [1.807, 2.05) is 37.3 Å². The van der Waals surface area contributed by atoms with E-state index in [1.165, 1.54) is 0 Å². The van der Waals surface area contributed by atoms with E-state index in [0.717, 1.165) is 5.56 Å². The Morgan fingerprint density at radius 3 is 2.26 bits per heavy atom. The van der Waals surface area contributed by atoms with Crippen molar-refractivity contribution in [2.24, 2.45) is 0 Å². The van der Waals surface area contributed by atoms with Crippen molar-refractivity contribution in [3.8, 4) is 11.5 Å². The number of anilines is 1. The highest BCUT2D eigenvalue weighted by Crippen LogP contribution is 2.21. The molecule has 3 aromatic rings. The minimum absolute atomic E-state index is 0.173. The molecule has 0 unspecified atom stereocenters. The van der Waals surface area contributed by atoms with Crippen LogP contribution in [0.15, 0.2) is 78.9 Å². The van der Waals surface area contributed by atoms with Crippen molar-refractivity contribution in [2.75, 3.05) is 12.4 Å². The summed E-state index contributed by atoms with van der Waals surface area (Å²) >= 11 is 0. The second-order valence-corrected chi connectivity index (χ2v) is 7.08. The fourth-order valence-electron chi connectivity index (χ4n) is 3.06. The van der Waals surface area contributed by atoms with Crippen LogP contribution in [0.5, 0.6) is 11.5 Å². The number of hydrogen-bond donors (Lipinski definition) is 2. The molecule has 0 radical (unpaired) electrons. The molecular formula is C25H26N2O4. The quantitative estimate of drug-likeness (QED) is 0.561. The van der Waals surface area contributed by atoms with Gasteiger partial charge in [-0.05, 0) is 43.7 Å². The minimum Gasteiger partial charge on any atom is -0.497 e. The molecule has 160 valence electrons. The molecule has 2 N–H and O–H groups in total. The topological polar surface area (TPSA) is 76.7 Å². The third kappa shape index (κ3) is 5.85. The maximum absolute atomic E-state index is 12.9. The predicted octanol–water partition coefficient (Wildman–Crippen LogP) is 4.59. The maximum atomic E-state index is 12.9. The zero-order chi connectivity index (χ0) is 22.2. The van der Waals surface area contributed by atoms with E-state index >= 15 is 0 Å². The SMILES string of the molecule is COc1cccc(O[C@@H](C)C(=O)Nc2ccccc2C(=O)N[C@H](C)c2ccccc2)c1. The molecule has 0 saturated carbocycles. The molecule has 0 aromatic heterocycles. The van der Waals surface area contributed by atoms with Crippen LogP contribution < -0.4 is 20.1 Å². The van der Waals surface area contributed by atoms with Gasteiger partial charge >= 0.3 is 0 Å². The lowest BCUT2D eigenvalue weighted by molar-refractivity contribution is -0.122. The lowest BCUT2D eigenvalue weighted by Crippen LogP contribution is -2.32. The molecule has 3 aromatic carbocycles. The second kappa shape index (κ2) is 10.3. The Hall–Kier alpha value is -3.80. The van der Waals surface area contributed by atoms with Crippen LogP contribution in [0.1, 0.15) is 35.8 Å². The van der Waals surface area contributed by atoms with Gasteiger partial charge in [0, 0.05) is 6.07 Å². The van der Waals surface area contributed by atoms with E-state index in [1.54, 1.807) is 62.6 Å². The number of rotatable bonds is 8. The molecule has 6 nitrogen and oxygen atoms in total. The van der Waals surface area contributed by atoms with Crippen molar-refractivity contribution in [1.82, 2.24) is 5.32 Å². The van der Waals surface area contributed by atoms with Crippen molar-refractivity contribution in [1.29, 1.82) is 0 Å². The Labute approximate surface area is 182 Å². The number of benzene rings is 3. The molecule has 0 fully saturated rings. The summed E-state index contributed by atoms with van der Waals surface area (Å²) in [5, 5.41) is 5.77. The summed E-state index contributed by atoms with van der Waals surface area (Å²) in [6.07, 6.45) is -0.772. The van der Waals surface area contributed by atoms with Gasteiger partial charge in [0.05, 0.1) is 24.4 Å². The van der Waals surface area contributed by atoms with Gasteiger partial charge in [-0.2, -0.15) is 0 Å². The summed E-state index contributed by atoms with van der Waals surface area (Å²) in [7, 11) is 1.57. The third-order valence-corrected chi connectivity index (χ3v) is 4.80. The molecule has 0 saturated heterocycles. The summed E-state index contributed by atoms with van der Waals surface area (Å²) in [5.41, 5.74) is 1.80. The first-order valence-corrected chi connectivity index (χ1v) is 10.0. The van der Waals surface area contributed by atoms with Gasteiger partial charge in [-0.1, -0.05) is 48.5 Å². The molecule has 0 aliphatic rings. The van der Waals surface area contributed by atoms with Crippen LogP contribution in [-0.4, -0.2) is 25.0 Å². The average molecular weight is 418 g/mol. The molecule has 6 heteroatoms. The summed E-state index contributed by atoms with van der Waals surface area (Å²) in [4.78, 5) is 25.5. The molecule has 0 spiro atoms. The smallest absolute Gasteiger partial charge is 0.265 e. The van der Waals surface area contributed by atoms with E-state index in [0.29, 0.717) is 22.7 Å². The zero-order valence-electron chi connectivity index (χ0n) is 17.8. The fraction of sp³-hybridized carbons (Fsp3) is 0.200. The van der Waals surface area contributed by atoms with Crippen LogP contribution in [0.25, 0.3) is 0 Å². The van der Waals surface area contributed by atoms with Crippen molar-refractivity contribution in [2.45, 2.75) is 26.0 Å². The summed E-state index contributed by atoms with van der Waals surface area (Å²) in [6, 6.07) is 23.4. The largest absolute Gasteiger partial charge is 0.497 e. The van der Waals surface area contributed by atoms with Crippen molar-refractivity contribution < 1.29 is 19.1 Å². The fourth-order valence-corrected chi connectivity index (χ4v) is 3.06. The number of nitrogens with one attached hydrogen (secondary N) is 2. The van der Waals surface area contributed by atoms with Crippen molar-refractivity contribution in [3.05, 3.63) is 90.0 Å². The van der Waals surface area contributed by atoms with Crippen LogP contribution in [0, 0.1) is 0 Å². The number of para-hydroxylation sites is 1. The number of carbonyl (C=O) groups excluding carboxylic acids is 2. The van der Waals surface area contributed by atoms with Gasteiger partial charge in [0.1, 0.15) is 11.5 Å². The highest BCUT2D eigenvalue weighted by molar-refractivity contribution is 6.04. The zero-order valence-corrected chi connectivity index (χ0v) is 17.8. The van der Waals surface area contributed by atoms with E-state index in [9.17, 15) is 9.59 Å². The number of hydrogen-bond acceptors (Lipinski definition) is 4. The predicted molar refractivity (Wildman–Crippen MR) is 120 cm³/mol. The van der Waals surface area contributed by atoms with E-state index in [2.05, 4.69) is 10.6 Å². The number of ether oxygens (including phenoxy) is 2. The second-order valence-electron chi connectivity index (χ2n) is 7.08. The van der Waals surface area contributed by atoms with E-state index in [-0.39, 0.29) is 17.9 Å². The monoisotopic (exact) mass is 418 g/mol. The molecule has 2 amide bonds. The van der Waals surface area contributed by atoms with Gasteiger partial charge in [-0.15, -0.1) is 0 Å². The van der Waals surface area contributed by atoms with Gasteiger partial charge in [0.15, 0.2) is 6.10 Å². The molecule has 0 heterocycles. The number of amides is 2. The standard InChI is InChI=1S/C25H26N2O4/c1-17(19-10-5-4-6-11-19)26-25(29)22-14-7-8-15-23(22)27-24(28)18(2)31-21-13-9-12-20(16-21)30-3/h4-18H,1-3H3,(H,26,29)(H,27,28)/t17-,18+/m1/s1. The molecule has 3 rings (SSSR count). The van der Waals surface area contributed by atoms with Gasteiger partial charge in [-0.25, -0.2) is 0 Å². The first-order valence-electron chi connectivity index (χ1n) is 10.0. The molecule has 0 aliphatic carbocycles. The molecule has 0 bridgehead atoms. The summed E-state index contributed by atoms with van der Waals surface area (Å²) < 4.78 is 10.9. The molecule has 0 aliphatic heterocycles. The third-order valence-electron chi connectivity index (χ3n) is 4.80. The van der Waals surface area contributed by atoms with Crippen LogP contribution >= 0.6 is 0 Å². The Morgan fingerprint density at radius 1 is 0.839 bits per heavy atom. The van der Waals surface area contributed by atoms with E-state index in [4.69, 9.17) is 9.47 Å². The van der Waals surface area contributed by atoms with Crippen molar-refractivity contribution in [3.63, 3.8) is 0 Å². The van der Waals surface area contributed by atoms with Crippen molar-refractivity contribution >= 4 is 17.5 Å². The van der Waals surface area contributed by atoms with Gasteiger partial charge in [0.25, 0.3) is 11.8 Å². The minimum atomic E-state index is -0.772. The first-order chi connectivity index (χ1) is 15.0. The Bertz CT molecular complexity index is 1040. The van der Waals surface area contributed by atoms with E-state index < -0.39 is 6.10 Å². The summed E-state index contributed by atoms with van der Waals surface area (Å²) in [5.74, 6) is 0.525. The highest BCUT2D eigenvalue weighted by atomic mass is 16.5. The lowest BCUT2D eigenvalue weighted by atomic mass is 10.1. The Kier molecular flexibility index (Phi) is 7.27. The van der Waals surface area contributed by atoms with Crippen LogP contribution in [-0.2, 0) is 4.79 Å². The average Bonchev–Trinajstić information content (AvgIpc) is 2.80. The maximum Gasteiger partial charge on any atom is 0.265 e. The first kappa shape index (κ1) is 21.9. The molecule has 2 atom stereocenters. The summed E-state index contributed by atoms with van der Waals surface area (Å²) in [6.45, 7) is 3.56. The van der Waals surface area contributed by atoms with Gasteiger partial charge in [0.2, 0.25) is 0 Å². The Morgan fingerprint density at radius 2 is 1.52 bits per heavy atom. The Balaban J connectivity index is 1.67. The van der Waals surface area contributed by atoms with Crippen LogP contribution in [0.3, 0.4) is 0 Å². The molecular weight excluding hydrogens is 392 g/mol. The van der Waals surface area contributed by atoms with Crippen LogP contribution in [0.2, 0.25) is 0 Å². The number of carbonyl (C=O) groups is 2. The van der Waals surface area contributed by atoms with Gasteiger partial charge < -0.3 is 20.1 Å². The number of methoxy groups -OCH3 is 1. The highest BCUT2D eigenvalue weighted by Gasteiger charge is 2.19.